The maximum Gasteiger partial charge on any atom is 0.251 e. The van der Waals surface area contributed by atoms with Crippen LogP contribution in [0.4, 0.5) is 5.69 Å². The van der Waals surface area contributed by atoms with Crippen LogP contribution in [0, 0.1) is 5.41 Å². The topological polar surface area (TPSA) is 126 Å². The van der Waals surface area contributed by atoms with E-state index in [9.17, 15) is 14.4 Å². The highest BCUT2D eigenvalue weighted by atomic mass is 35.5. The summed E-state index contributed by atoms with van der Waals surface area (Å²) in [5, 5.41) is 10.6. The molecule has 1 saturated carbocycles. The summed E-state index contributed by atoms with van der Waals surface area (Å²) < 4.78 is 5.86. The molecule has 3 aliphatic heterocycles. The molecule has 2 aromatic rings. The lowest BCUT2D eigenvalue weighted by molar-refractivity contribution is -0.145. The summed E-state index contributed by atoms with van der Waals surface area (Å²) in [6.45, 7) is 4.71. The minimum absolute atomic E-state index is 0.0459. The van der Waals surface area contributed by atoms with Gasteiger partial charge in [0.15, 0.2) is 0 Å². The van der Waals surface area contributed by atoms with Gasteiger partial charge < -0.3 is 20.3 Å². The first-order valence-electron chi connectivity index (χ1n) is 14.9. The number of hydrogen-bond acceptors (Lipinski definition) is 7. The molecule has 43 heavy (non-hydrogen) atoms. The average Bonchev–Trinajstić information content (AvgIpc) is 3.42. The molecule has 2 spiro atoms. The molecule has 230 valence electrons. The molecular weight excluding hydrogens is 591 g/mol. The Labute approximate surface area is 261 Å². The largest absolute Gasteiger partial charge is 0.366 e. The SMILES string of the molecule is CN(C)C(=O)[C@@H]1CC[C@@H](NC(=O)[C@@H]2NC3(CCC(C)(C)CC3)[C@@]3(C(=O)Nc4cc(Cl)ccc43)[C@H]2c2ccnc(Cl)n2)CO1. The molecule has 10 nitrogen and oxygen atoms in total. The number of benzene rings is 1. The number of carbonyl (C=O) groups excluding carboxylic acids is 3. The lowest BCUT2D eigenvalue weighted by Gasteiger charge is -2.50. The lowest BCUT2D eigenvalue weighted by Crippen LogP contribution is -2.61. The summed E-state index contributed by atoms with van der Waals surface area (Å²) in [4.78, 5) is 51.5. The number of nitrogens with zero attached hydrogens (tertiary/aromatic N) is 3. The standard InChI is InChI=1S/C31H38Cl2N6O4/c1-29(2)10-12-30(13-11-29)31(19-7-5-17(32)15-21(19)36-27(31)42)23(20-9-14-34-28(33)37-20)24(38-30)25(40)35-18-6-8-22(43-16-18)26(41)39(3)4/h5,7,9,14-15,18,22-24,38H,6,8,10-13,16H2,1-4H3,(H,35,40)(H,36,42)/t18-,22+,23+,24-,31-/m1/s1. The lowest BCUT2D eigenvalue weighted by atomic mass is 9.54. The first kappa shape index (κ1) is 30.2. The molecule has 12 heteroatoms. The van der Waals surface area contributed by atoms with Crippen LogP contribution in [0.25, 0.3) is 0 Å². The molecule has 1 aromatic carbocycles. The Morgan fingerprint density at radius 3 is 2.49 bits per heavy atom. The van der Waals surface area contributed by atoms with E-state index >= 15 is 0 Å². The van der Waals surface area contributed by atoms with Crippen LogP contribution in [0.5, 0.6) is 0 Å². The zero-order valence-corrected chi connectivity index (χ0v) is 26.4. The predicted octanol–water partition coefficient (Wildman–Crippen LogP) is 3.82. The van der Waals surface area contributed by atoms with E-state index in [1.165, 1.54) is 4.90 Å². The van der Waals surface area contributed by atoms with E-state index in [0.717, 1.165) is 18.4 Å². The van der Waals surface area contributed by atoms with Crippen LogP contribution in [0.2, 0.25) is 10.3 Å². The van der Waals surface area contributed by atoms with Gasteiger partial charge >= 0.3 is 0 Å². The summed E-state index contributed by atoms with van der Waals surface area (Å²) in [5.74, 6) is -1.21. The Morgan fingerprint density at radius 1 is 1.09 bits per heavy atom. The number of anilines is 1. The van der Waals surface area contributed by atoms with Crippen LogP contribution in [-0.4, -0.2) is 77.0 Å². The highest BCUT2D eigenvalue weighted by molar-refractivity contribution is 6.31. The fourth-order valence-corrected chi connectivity index (χ4v) is 8.12. The Kier molecular flexibility index (Phi) is 7.72. The van der Waals surface area contributed by atoms with E-state index in [1.54, 1.807) is 38.5 Å². The molecule has 4 heterocycles. The Hall–Kier alpha value is -2.79. The molecule has 1 aromatic heterocycles. The van der Waals surface area contributed by atoms with E-state index in [1.807, 2.05) is 6.07 Å². The third kappa shape index (κ3) is 5.00. The molecule has 6 rings (SSSR count). The average molecular weight is 630 g/mol. The number of fused-ring (bicyclic) bond motifs is 3. The number of aromatic nitrogens is 2. The number of nitrogens with one attached hydrogen (secondary N) is 3. The van der Waals surface area contributed by atoms with Crippen molar-refractivity contribution in [2.24, 2.45) is 5.41 Å². The van der Waals surface area contributed by atoms with Gasteiger partial charge in [-0.15, -0.1) is 0 Å². The predicted molar refractivity (Wildman–Crippen MR) is 163 cm³/mol. The van der Waals surface area contributed by atoms with Gasteiger partial charge in [-0.25, -0.2) is 9.97 Å². The van der Waals surface area contributed by atoms with Crippen LogP contribution >= 0.6 is 23.2 Å². The van der Waals surface area contributed by atoms with Crippen molar-refractivity contribution in [2.75, 3.05) is 26.0 Å². The van der Waals surface area contributed by atoms with Crippen molar-refractivity contribution in [3.63, 3.8) is 0 Å². The van der Waals surface area contributed by atoms with Gasteiger partial charge in [0.1, 0.15) is 11.5 Å². The Morgan fingerprint density at radius 2 is 1.84 bits per heavy atom. The van der Waals surface area contributed by atoms with Gasteiger partial charge in [0.2, 0.25) is 17.1 Å². The number of likely N-dealkylation sites (N-methyl/N-ethyl adjacent to an activating group) is 1. The maximum absolute atomic E-state index is 14.5. The van der Waals surface area contributed by atoms with Crippen LogP contribution in [0.3, 0.4) is 0 Å². The van der Waals surface area contributed by atoms with Gasteiger partial charge in [0.05, 0.1) is 24.4 Å². The number of halogens is 2. The molecule has 0 bridgehead atoms. The normalized spacial score (nSPS) is 30.6. The van der Waals surface area contributed by atoms with E-state index in [-0.39, 0.29) is 41.1 Å². The summed E-state index contributed by atoms with van der Waals surface area (Å²) in [5.41, 5.74) is 0.170. The number of ether oxygens (including phenoxy) is 1. The highest BCUT2D eigenvalue weighted by Gasteiger charge is 2.73. The van der Waals surface area contributed by atoms with E-state index in [2.05, 4.69) is 39.8 Å². The minimum Gasteiger partial charge on any atom is -0.366 e. The minimum atomic E-state index is -1.16. The molecular formula is C31H38Cl2N6O4. The Bertz CT molecular complexity index is 1450. The van der Waals surface area contributed by atoms with Gasteiger partial charge in [-0.05, 0) is 79.3 Å². The highest BCUT2D eigenvalue weighted by Crippen LogP contribution is 2.63. The molecule has 3 N–H and O–H groups in total. The van der Waals surface area contributed by atoms with Crippen LogP contribution in [-0.2, 0) is 24.5 Å². The van der Waals surface area contributed by atoms with E-state index < -0.39 is 29.0 Å². The number of hydrogen-bond donors (Lipinski definition) is 3. The summed E-state index contributed by atoms with van der Waals surface area (Å²) in [7, 11) is 3.41. The van der Waals surface area contributed by atoms with Gasteiger partial charge in [0, 0.05) is 42.5 Å². The quantitative estimate of drug-likeness (QED) is 0.440. The van der Waals surface area contributed by atoms with Crippen LogP contribution in [0.1, 0.15) is 69.5 Å². The molecule has 4 aliphatic rings. The Balaban J connectivity index is 1.42. The fourth-order valence-electron chi connectivity index (χ4n) is 7.80. The van der Waals surface area contributed by atoms with Gasteiger partial charge in [-0.1, -0.05) is 31.5 Å². The van der Waals surface area contributed by atoms with Crippen molar-refractivity contribution in [3.05, 3.63) is 52.0 Å². The molecule has 3 amide bonds. The van der Waals surface area contributed by atoms with Crippen molar-refractivity contribution in [2.45, 2.75) is 87.4 Å². The third-order valence-corrected chi connectivity index (χ3v) is 10.5. The van der Waals surface area contributed by atoms with Crippen molar-refractivity contribution < 1.29 is 19.1 Å². The van der Waals surface area contributed by atoms with Crippen molar-refractivity contribution in [1.82, 2.24) is 25.5 Å². The molecule has 2 saturated heterocycles. The second kappa shape index (κ2) is 11.0. The van der Waals surface area contributed by atoms with E-state index in [0.29, 0.717) is 42.1 Å². The van der Waals surface area contributed by atoms with Gasteiger partial charge in [-0.2, -0.15) is 0 Å². The first-order valence-corrected chi connectivity index (χ1v) is 15.6. The smallest absolute Gasteiger partial charge is 0.251 e. The molecule has 0 radical (unpaired) electrons. The first-order chi connectivity index (χ1) is 20.4. The zero-order valence-electron chi connectivity index (χ0n) is 24.9. The summed E-state index contributed by atoms with van der Waals surface area (Å²) in [6.07, 6.45) is 5.28. The second-order valence-corrected chi connectivity index (χ2v) is 14.2. The molecule has 0 unspecified atom stereocenters. The monoisotopic (exact) mass is 628 g/mol. The van der Waals surface area contributed by atoms with Crippen molar-refractivity contribution in [1.29, 1.82) is 0 Å². The molecule has 1 aliphatic carbocycles. The zero-order chi connectivity index (χ0) is 30.7. The summed E-state index contributed by atoms with van der Waals surface area (Å²) in [6, 6.07) is 6.13. The van der Waals surface area contributed by atoms with E-state index in [4.69, 9.17) is 27.9 Å². The van der Waals surface area contributed by atoms with Crippen molar-refractivity contribution in [3.8, 4) is 0 Å². The van der Waals surface area contributed by atoms with Crippen LogP contribution in [0.15, 0.2) is 30.5 Å². The van der Waals surface area contributed by atoms with Gasteiger partial charge in [-0.3, -0.25) is 19.7 Å². The molecule has 3 fully saturated rings. The van der Waals surface area contributed by atoms with Crippen molar-refractivity contribution >= 4 is 46.6 Å². The number of carbonyl (C=O) groups is 3. The maximum atomic E-state index is 14.5. The fraction of sp³-hybridized carbons (Fsp3) is 0.581. The van der Waals surface area contributed by atoms with Gasteiger partial charge in [0.25, 0.3) is 5.91 Å². The number of amides is 3. The summed E-state index contributed by atoms with van der Waals surface area (Å²) >= 11 is 12.7. The van der Waals surface area contributed by atoms with Crippen LogP contribution < -0.4 is 16.0 Å². The number of rotatable bonds is 4. The second-order valence-electron chi connectivity index (χ2n) is 13.4. The molecule has 5 atom stereocenters. The third-order valence-electron chi connectivity index (χ3n) is 10.0.